The molecule has 1 aliphatic rings. The molecule has 1 aromatic rings. The van der Waals surface area contributed by atoms with Gasteiger partial charge in [0.05, 0.1) is 0 Å². The molecule has 1 fully saturated rings. The highest BCUT2D eigenvalue weighted by Crippen LogP contribution is 2.30. The summed E-state index contributed by atoms with van der Waals surface area (Å²) in [5.41, 5.74) is 6.19. The molecule has 0 radical (unpaired) electrons. The molecule has 0 saturated carbocycles. The molecule has 0 amide bonds. The predicted molar refractivity (Wildman–Crippen MR) is 74.3 cm³/mol. The lowest BCUT2D eigenvalue weighted by atomic mass is 9.95. The van der Waals surface area contributed by atoms with Crippen molar-refractivity contribution >= 4 is 5.69 Å². The number of benzene rings is 1. The van der Waals surface area contributed by atoms with Crippen molar-refractivity contribution in [2.45, 2.75) is 32.6 Å². The minimum Gasteiger partial charge on any atom is -0.367 e. The van der Waals surface area contributed by atoms with Gasteiger partial charge >= 0.3 is 0 Å². The zero-order valence-corrected chi connectivity index (χ0v) is 11.5. The summed E-state index contributed by atoms with van der Waals surface area (Å²) in [6.07, 6.45) is 3.72. The Morgan fingerprint density at radius 2 is 2.00 bits per heavy atom. The van der Waals surface area contributed by atoms with Crippen LogP contribution in [0.3, 0.4) is 0 Å². The van der Waals surface area contributed by atoms with E-state index in [4.69, 9.17) is 5.73 Å². The molecule has 0 spiro atoms. The SMILES string of the molecule is CCC1CCCN(c2c(F)cc(CCN)cc2F)C1. The second-order valence-corrected chi connectivity index (χ2v) is 5.31. The largest absolute Gasteiger partial charge is 0.367 e. The van der Waals surface area contributed by atoms with Gasteiger partial charge in [0.2, 0.25) is 0 Å². The third-order valence-corrected chi connectivity index (χ3v) is 3.92. The molecule has 1 unspecified atom stereocenters. The van der Waals surface area contributed by atoms with Crippen LogP contribution in [0.15, 0.2) is 12.1 Å². The minimum absolute atomic E-state index is 0.138. The molecule has 2 nitrogen and oxygen atoms in total. The molecule has 1 heterocycles. The number of halogens is 2. The van der Waals surface area contributed by atoms with Crippen LogP contribution < -0.4 is 10.6 Å². The van der Waals surface area contributed by atoms with Gasteiger partial charge in [0, 0.05) is 13.1 Å². The average molecular weight is 268 g/mol. The Labute approximate surface area is 113 Å². The molecule has 0 aliphatic carbocycles. The van der Waals surface area contributed by atoms with Gasteiger partial charge in [-0.25, -0.2) is 8.78 Å². The maximum absolute atomic E-state index is 14.1. The Balaban J connectivity index is 2.24. The van der Waals surface area contributed by atoms with Crippen LogP contribution in [0.5, 0.6) is 0 Å². The zero-order valence-electron chi connectivity index (χ0n) is 11.5. The highest BCUT2D eigenvalue weighted by Gasteiger charge is 2.24. The Morgan fingerprint density at radius 1 is 1.32 bits per heavy atom. The van der Waals surface area contributed by atoms with Crippen LogP contribution in [0.2, 0.25) is 0 Å². The molecule has 1 aliphatic heterocycles. The van der Waals surface area contributed by atoms with Crippen molar-refractivity contribution in [2.24, 2.45) is 11.7 Å². The van der Waals surface area contributed by atoms with E-state index in [1.165, 1.54) is 12.1 Å². The third-order valence-electron chi connectivity index (χ3n) is 3.92. The molecule has 1 saturated heterocycles. The Hall–Kier alpha value is -1.16. The van der Waals surface area contributed by atoms with E-state index in [0.29, 0.717) is 24.4 Å². The lowest BCUT2D eigenvalue weighted by molar-refractivity contribution is 0.397. The fourth-order valence-corrected chi connectivity index (χ4v) is 2.83. The number of anilines is 1. The molecule has 2 rings (SSSR count). The van der Waals surface area contributed by atoms with Crippen molar-refractivity contribution < 1.29 is 8.78 Å². The molecule has 0 bridgehead atoms. The maximum Gasteiger partial charge on any atom is 0.149 e. The van der Waals surface area contributed by atoms with Gasteiger partial charge in [-0.2, -0.15) is 0 Å². The van der Waals surface area contributed by atoms with E-state index >= 15 is 0 Å². The summed E-state index contributed by atoms with van der Waals surface area (Å²) in [5.74, 6) is -0.378. The van der Waals surface area contributed by atoms with E-state index in [0.717, 1.165) is 32.4 Å². The fraction of sp³-hybridized carbons (Fsp3) is 0.600. The maximum atomic E-state index is 14.1. The van der Waals surface area contributed by atoms with Gasteiger partial charge in [-0.15, -0.1) is 0 Å². The number of hydrogen-bond donors (Lipinski definition) is 1. The van der Waals surface area contributed by atoms with Crippen LogP contribution in [0, 0.1) is 17.6 Å². The van der Waals surface area contributed by atoms with E-state index in [1.807, 2.05) is 4.90 Å². The molecule has 1 atom stereocenters. The van der Waals surface area contributed by atoms with Gasteiger partial charge in [0.25, 0.3) is 0 Å². The first-order valence-electron chi connectivity index (χ1n) is 7.08. The Morgan fingerprint density at radius 3 is 2.58 bits per heavy atom. The van der Waals surface area contributed by atoms with Crippen molar-refractivity contribution in [2.75, 3.05) is 24.5 Å². The molecule has 106 valence electrons. The standard InChI is InChI=1S/C15H22F2N2/c1-2-11-4-3-7-19(10-11)15-13(16)8-12(5-6-18)9-14(15)17/h8-9,11H,2-7,10,18H2,1H3. The Bertz CT molecular complexity index is 411. The smallest absolute Gasteiger partial charge is 0.149 e. The number of nitrogens with two attached hydrogens (primary N) is 1. The lowest BCUT2D eigenvalue weighted by Gasteiger charge is -2.34. The summed E-state index contributed by atoms with van der Waals surface area (Å²) in [6.45, 7) is 4.02. The number of rotatable bonds is 4. The zero-order chi connectivity index (χ0) is 13.8. The normalized spacial score (nSPS) is 19.8. The fourth-order valence-electron chi connectivity index (χ4n) is 2.83. The molecule has 19 heavy (non-hydrogen) atoms. The molecule has 4 heteroatoms. The number of piperidine rings is 1. The monoisotopic (exact) mass is 268 g/mol. The summed E-state index contributed by atoms with van der Waals surface area (Å²) < 4.78 is 28.3. The average Bonchev–Trinajstić information content (AvgIpc) is 2.38. The van der Waals surface area contributed by atoms with Gasteiger partial charge < -0.3 is 10.6 Å². The first-order chi connectivity index (χ1) is 9.15. The van der Waals surface area contributed by atoms with Gasteiger partial charge in [0.1, 0.15) is 17.3 Å². The van der Waals surface area contributed by atoms with Crippen LogP contribution in [-0.2, 0) is 6.42 Å². The second kappa shape index (κ2) is 6.33. The summed E-state index contributed by atoms with van der Waals surface area (Å²) in [7, 11) is 0. The summed E-state index contributed by atoms with van der Waals surface area (Å²) in [4.78, 5) is 1.86. The van der Waals surface area contributed by atoms with E-state index in [1.54, 1.807) is 0 Å². The Kier molecular flexibility index (Phi) is 4.75. The molecular formula is C15H22F2N2. The number of hydrogen-bond acceptors (Lipinski definition) is 2. The van der Waals surface area contributed by atoms with Crippen molar-refractivity contribution in [3.05, 3.63) is 29.3 Å². The summed E-state index contributed by atoms with van der Waals surface area (Å²) in [6, 6.07) is 2.83. The summed E-state index contributed by atoms with van der Waals surface area (Å²) >= 11 is 0. The highest BCUT2D eigenvalue weighted by molar-refractivity contribution is 5.51. The quantitative estimate of drug-likeness (QED) is 0.909. The number of nitrogens with zero attached hydrogens (tertiary/aromatic N) is 1. The van der Waals surface area contributed by atoms with Crippen LogP contribution in [-0.4, -0.2) is 19.6 Å². The van der Waals surface area contributed by atoms with Crippen LogP contribution in [0.4, 0.5) is 14.5 Å². The molecule has 0 aromatic heterocycles. The van der Waals surface area contributed by atoms with Crippen molar-refractivity contribution in [1.82, 2.24) is 0 Å². The second-order valence-electron chi connectivity index (χ2n) is 5.31. The van der Waals surface area contributed by atoms with Crippen molar-refractivity contribution in [3.8, 4) is 0 Å². The van der Waals surface area contributed by atoms with E-state index < -0.39 is 11.6 Å². The van der Waals surface area contributed by atoms with Gasteiger partial charge in [-0.3, -0.25) is 0 Å². The molecule has 1 aromatic carbocycles. The van der Waals surface area contributed by atoms with Gasteiger partial charge in [-0.05, 0) is 49.4 Å². The molecular weight excluding hydrogens is 246 g/mol. The third kappa shape index (κ3) is 3.24. The van der Waals surface area contributed by atoms with Crippen LogP contribution in [0.25, 0.3) is 0 Å². The van der Waals surface area contributed by atoms with E-state index in [-0.39, 0.29) is 5.69 Å². The first kappa shape index (κ1) is 14.3. The van der Waals surface area contributed by atoms with E-state index in [2.05, 4.69) is 6.92 Å². The lowest BCUT2D eigenvalue weighted by Crippen LogP contribution is -2.36. The van der Waals surface area contributed by atoms with Gasteiger partial charge in [-0.1, -0.05) is 13.3 Å². The van der Waals surface area contributed by atoms with Crippen molar-refractivity contribution in [1.29, 1.82) is 0 Å². The van der Waals surface area contributed by atoms with Gasteiger partial charge in [0.15, 0.2) is 0 Å². The van der Waals surface area contributed by atoms with E-state index in [9.17, 15) is 8.78 Å². The van der Waals surface area contributed by atoms with Crippen molar-refractivity contribution in [3.63, 3.8) is 0 Å². The summed E-state index contributed by atoms with van der Waals surface area (Å²) in [5, 5.41) is 0. The predicted octanol–water partition coefficient (Wildman–Crippen LogP) is 3.09. The first-order valence-corrected chi connectivity index (χ1v) is 7.08. The topological polar surface area (TPSA) is 29.3 Å². The molecule has 2 N–H and O–H groups in total. The van der Waals surface area contributed by atoms with Crippen LogP contribution in [0.1, 0.15) is 31.7 Å². The minimum atomic E-state index is -0.458. The highest BCUT2D eigenvalue weighted by atomic mass is 19.1. The van der Waals surface area contributed by atoms with Crippen LogP contribution >= 0.6 is 0 Å².